The summed E-state index contributed by atoms with van der Waals surface area (Å²) in [7, 11) is 0. The molecule has 0 aromatic heterocycles. The average Bonchev–Trinajstić information content (AvgIpc) is 3.27. The summed E-state index contributed by atoms with van der Waals surface area (Å²) in [6.07, 6.45) is 71.1. The molecule has 0 bridgehead atoms. The van der Waals surface area contributed by atoms with Crippen molar-refractivity contribution >= 4 is 11.9 Å². The molecular formula is C57H94O5. The van der Waals surface area contributed by atoms with Crippen molar-refractivity contribution in [1.82, 2.24) is 0 Å². The molecule has 0 saturated carbocycles. The third-order valence-electron chi connectivity index (χ3n) is 10.3. The summed E-state index contributed by atoms with van der Waals surface area (Å²) >= 11 is 0. The van der Waals surface area contributed by atoms with Gasteiger partial charge in [-0.1, -0.05) is 214 Å². The molecule has 0 fully saturated rings. The van der Waals surface area contributed by atoms with Crippen molar-refractivity contribution in [3.05, 3.63) is 109 Å². The molecule has 0 aliphatic carbocycles. The lowest BCUT2D eigenvalue weighted by Crippen LogP contribution is -2.30. The maximum atomic E-state index is 12.7. The van der Waals surface area contributed by atoms with E-state index in [2.05, 4.69) is 130 Å². The van der Waals surface area contributed by atoms with Crippen molar-refractivity contribution in [2.75, 3.05) is 19.8 Å². The van der Waals surface area contributed by atoms with Crippen LogP contribution in [0.5, 0.6) is 0 Å². The zero-order valence-electron chi connectivity index (χ0n) is 40.3. The Morgan fingerprint density at radius 1 is 0.371 bits per heavy atom. The van der Waals surface area contributed by atoms with Gasteiger partial charge in [-0.2, -0.15) is 0 Å². The molecule has 0 aliphatic heterocycles. The van der Waals surface area contributed by atoms with Gasteiger partial charge in [-0.25, -0.2) is 0 Å². The third kappa shape index (κ3) is 49.2. The molecule has 0 aliphatic rings. The van der Waals surface area contributed by atoms with Crippen LogP contribution in [0, 0.1) is 0 Å². The maximum absolute atomic E-state index is 12.7. The minimum absolute atomic E-state index is 0.0521. The number of hydrogen-bond donors (Lipinski definition) is 0. The standard InChI is InChI=1S/C57H94O5/c1-4-7-10-13-16-19-21-23-25-27-28-29-31-33-35-37-40-43-46-49-52-60-53-55(62-57(59)51-48-45-42-38-18-15-12-9-6-3)54-61-56(58)50-47-44-41-39-36-34-32-30-26-24-22-20-17-14-11-8-5-2/h7-8,10-11,16-17,19-20,23-26,28-29,33,35,40,43,55H,4-6,9,12-15,18,21-22,27,30-32,34,36-39,41-42,44-54H2,1-3H3/b10-7-,11-8-,19-16-,20-17-,25-23-,26-24-,29-28-,35-33-,43-40-. The highest BCUT2D eigenvalue weighted by molar-refractivity contribution is 5.70. The number of allylic oxidation sites excluding steroid dienone is 18. The Bertz CT molecular complexity index is 1250. The molecule has 0 aromatic rings. The zero-order chi connectivity index (χ0) is 44.9. The molecule has 0 aromatic carbocycles. The molecule has 5 heteroatoms. The fraction of sp³-hybridized carbons (Fsp3) is 0.649. The molecule has 0 amide bonds. The van der Waals surface area contributed by atoms with Crippen LogP contribution in [-0.4, -0.2) is 37.9 Å². The fourth-order valence-corrected chi connectivity index (χ4v) is 6.60. The van der Waals surface area contributed by atoms with Gasteiger partial charge in [0.1, 0.15) is 6.61 Å². The lowest BCUT2D eigenvalue weighted by molar-refractivity contribution is -0.163. The summed E-state index contributed by atoms with van der Waals surface area (Å²) < 4.78 is 17.3. The highest BCUT2D eigenvalue weighted by Crippen LogP contribution is 2.13. The van der Waals surface area contributed by atoms with Gasteiger partial charge in [0, 0.05) is 19.4 Å². The first kappa shape index (κ1) is 58.6. The number of hydrogen-bond acceptors (Lipinski definition) is 5. The molecule has 352 valence electrons. The van der Waals surface area contributed by atoms with Crippen molar-refractivity contribution in [2.24, 2.45) is 0 Å². The Balaban J connectivity index is 4.33. The largest absolute Gasteiger partial charge is 0.462 e. The summed E-state index contributed by atoms with van der Waals surface area (Å²) in [5.41, 5.74) is 0. The SMILES string of the molecule is CC/C=C\C/C=C\C/C=C\C/C=C\C/C=C\C/C=C\CCCOCC(COC(=O)CCCCCCCCC/C=C\C/C=C\C/C=C\CC)OC(=O)CCCCCCCCCCC. The van der Waals surface area contributed by atoms with Crippen LogP contribution in [0.15, 0.2) is 109 Å². The molecular weight excluding hydrogens is 765 g/mol. The van der Waals surface area contributed by atoms with Gasteiger partial charge in [0.05, 0.1) is 6.61 Å². The minimum Gasteiger partial charge on any atom is -0.462 e. The molecule has 1 atom stereocenters. The van der Waals surface area contributed by atoms with Crippen LogP contribution >= 0.6 is 0 Å². The Hall–Kier alpha value is -3.44. The van der Waals surface area contributed by atoms with Crippen LogP contribution in [-0.2, 0) is 23.8 Å². The molecule has 62 heavy (non-hydrogen) atoms. The van der Waals surface area contributed by atoms with Crippen molar-refractivity contribution in [2.45, 2.75) is 219 Å². The van der Waals surface area contributed by atoms with E-state index in [1.807, 2.05) is 0 Å². The van der Waals surface area contributed by atoms with E-state index >= 15 is 0 Å². The van der Waals surface area contributed by atoms with E-state index in [1.54, 1.807) is 0 Å². The van der Waals surface area contributed by atoms with Gasteiger partial charge in [0.2, 0.25) is 0 Å². The van der Waals surface area contributed by atoms with Crippen LogP contribution in [0.3, 0.4) is 0 Å². The van der Waals surface area contributed by atoms with Gasteiger partial charge in [-0.05, 0) is 96.3 Å². The molecule has 0 saturated heterocycles. The second-order valence-corrected chi connectivity index (χ2v) is 16.3. The van der Waals surface area contributed by atoms with E-state index in [0.29, 0.717) is 19.4 Å². The predicted molar refractivity (Wildman–Crippen MR) is 269 cm³/mol. The van der Waals surface area contributed by atoms with E-state index in [1.165, 1.54) is 64.2 Å². The van der Waals surface area contributed by atoms with Gasteiger partial charge in [0.25, 0.3) is 0 Å². The van der Waals surface area contributed by atoms with Gasteiger partial charge < -0.3 is 14.2 Å². The minimum atomic E-state index is -0.574. The lowest BCUT2D eigenvalue weighted by atomic mass is 10.1. The van der Waals surface area contributed by atoms with Gasteiger partial charge >= 0.3 is 11.9 Å². The van der Waals surface area contributed by atoms with E-state index in [9.17, 15) is 9.59 Å². The first-order valence-corrected chi connectivity index (χ1v) is 25.4. The molecule has 0 spiro atoms. The van der Waals surface area contributed by atoms with Gasteiger partial charge in [0.15, 0.2) is 6.10 Å². The van der Waals surface area contributed by atoms with E-state index in [4.69, 9.17) is 14.2 Å². The molecule has 0 radical (unpaired) electrons. The highest BCUT2D eigenvalue weighted by atomic mass is 16.6. The number of carbonyl (C=O) groups excluding carboxylic acids is 2. The van der Waals surface area contributed by atoms with Crippen molar-refractivity contribution in [1.29, 1.82) is 0 Å². The third-order valence-corrected chi connectivity index (χ3v) is 10.3. The number of carbonyl (C=O) groups is 2. The Morgan fingerprint density at radius 2 is 0.726 bits per heavy atom. The molecule has 0 N–H and O–H groups in total. The number of rotatable bonds is 45. The Labute approximate surface area is 383 Å². The summed E-state index contributed by atoms with van der Waals surface area (Å²) in [6.45, 7) is 7.42. The van der Waals surface area contributed by atoms with E-state index < -0.39 is 6.10 Å². The Morgan fingerprint density at radius 3 is 1.16 bits per heavy atom. The first-order chi connectivity index (χ1) is 30.6. The van der Waals surface area contributed by atoms with Crippen LogP contribution in [0.4, 0.5) is 0 Å². The molecule has 0 rings (SSSR count). The Kier molecular flexibility index (Phi) is 49.0. The molecule has 1 unspecified atom stereocenters. The smallest absolute Gasteiger partial charge is 0.306 e. The predicted octanol–water partition coefficient (Wildman–Crippen LogP) is 17.2. The maximum Gasteiger partial charge on any atom is 0.306 e. The quantitative estimate of drug-likeness (QED) is 0.0347. The van der Waals surface area contributed by atoms with Gasteiger partial charge in [-0.3, -0.25) is 9.59 Å². The second-order valence-electron chi connectivity index (χ2n) is 16.3. The van der Waals surface area contributed by atoms with E-state index in [0.717, 1.165) is 116 Å². The van der Waals surface area contributed by atoms with Crippen molar-refractivity contribution < 1.29 is 23.8 Å². The summed E-state index contributed by atoms with van der Waals surface area (Å²) in [5.74, 6) is -0.448. The fourth-order valence-electron chi connectivity index (χ4n) is 6.60. The lowest BCUT2D eigenvalue weighted by Gasteiger charge is -2.18. The van der Waals surface area contributed by atoms with Crippen molar-refractivity contribution in [3.8, 4) is 0 Å². The highest BCUT2D eigenvalue weighted by Gasteiger charge is 2.17. The van der Waals surface area contributed by atoms with Crippen molar-refractivity contribution in [3.63, 3.8) is 0 Å². The summed E-state index contributed by atoms with van der Waals surface area (Å²) in [4.78, 5) is 25.3. The van der Waals surface area contributed by atoms with Gasteiger partial charge in [-0.15, -0.1) is 0 Å². The summed E-state index contributed by atoms with van der Waals surface area (Å²) in [6, 6.07) is 0. The normalized spacial score (nSPS) is 13.1. The monoisotopic (exact) mass is 859 g/mol. The van der Waals surface area contributed by atoms with Crippen LogP contribution < -0.4 is 0 Å². The van der Waals surface area contributed by atoms with E-state index in [-0.39, 0.29) is 25.2 Å². The molecule has 0 heterocycles. The van der Waals surface area contributed by atoms with Crippen LogP contribution in [0.25, 0.3) is 0 Å². The number of unbranched alkanes of at least 4 members (excludes halogenated alkanes) is 16. The molecule has 5 nitrogen and oxygen atoms in total. The van der Waals surface area contributed by atoms with Crippen LogP contribution in [0.2, 0.25) is 0 Å². The zero-order valence-corrected chi connectivity index (χ0v) is 40.3. The average molecular weight is 859 g/mol. The second kappa shape index (κ2) is 51.9. The topological polar surface area (TPSA) is 61.8 Å². The summed E-state index contributed by atoms with van der Waals surface area (Å²) in [5, 5.41) is 0. The first-order valence-electron chi connectivity index (χ1n) is 25.4. The number of ether oxygens (including phenoxy) is 3. The van der Waals surface area contributed by atoms with Crippen LogP contribution in [0.1, 0.15) is 213 Å². The number of esters is 2.